The molecular weight excluding hydrogens is 502 g/mol. The highest BCUT2D eigenvalue weighted by molar-refractivity contribution is 7.92. The first-order valence-electron chi connectivity index (χ1n) is 11.5. The van der Waals surface area contributed by atoms with Crippen molar-refractivity contribution in [2.24, 2.45) is 0 Å². The van der Waals surface area contributed by atoms with Gasteiger partial charge in [0, 0.05) is 25.3 Å². The smallest absolute Gasteiger partial charge is 0.264 e. The fourth-order valence-corrected chi connectivity index (χ4v) is 5.56. The van der Waals surface area contributed by atoms with E-state index in [0.717, 1.165) is 28.6 Å². The minimum absolute atomic E-state index is 0.0726. The SMILES string of the molecule is COc1ccc(N(CC(=O)NCc2ccc(N3CCOCC3)cc2)S(=O)(=O)c2ccccc2)cc1Cl. The zero-order chi connectivity index (χ0) is 25.5. The number of sulfonamides is 1. The first-order valence-corrected chi connectivity index (χ1v) is 13.3. The van der Waals surface area contributed by atoms with E-state index >= 15 is 0 Å². The average molecular weight is 530 g/mol. The first-order chi connectivity index (χ1) is 17.4. The molecule has 36 heavy (non-hydrogen) atoms. The number of morpholine rings is 1. The van der Waals surface area contributed by atoms with Crippen LogP contribution in [-0.2, 0) is 26.1 Å². The lowest BCUT2D eigenvalue weighted by Gasteiger charge is -2.29. The number of methoxy groups -OCH3 is 1. The number of nitrogens with zero attached hydrogens (tertiary/aromatic N) is 2. The molecular formula is C26H28ClN3O5S. The molecule has 0 atom stereocenters. The fourth-order valence-electron chi connectivity index (χ4n) is 3.88. The van der Waals surface area contributed by atoms with E-state index in [0.29, 0.717) is 19.0 Å². The van der Waals surface area contributed by atoms with Gasteiger partial charge in [0.05, 0.1) is 35.9 Å². The Bertz CT molecular complexity index is 1280. The second-order valence-electron chi connectivity index (χ2n) is 8.19. The molecule has 1 amide bonds. The number of nitrogens with one attached hydrogen (secondary N) is 1. The number of carbonyl (C=O) groups excluding carboxylic acids is 1. The molecule has 0 unspecified atom stereocenters. The van der Waals surface area contributed by atoms with E-state index < -0.39 is 22.5 Å². The number of amides is 1. The fraction of sp³-hybridized carbons (Fsp3) is 0.269. The molecule has 1 fully saturated rings. The molecule has 3 aromatic carbocycles. The van der Waals surface area contributed by atoms with Crippen molar-refractivity contribution in [3.63, 3.8) is 0 Å². The highest BCUT2D eigenvalue weighted by atomic mass is 35.5. The van der Waals surface area contributed by atoms with Crippen molar-refractivity contribution in [2.75, 3.05) is 49.2 Å². The van der Waals surface area contributed by atoms with E-state index in [1.54, 1.807) is 30.3 Å². The Morgan fingerprint density at radius 3 is 2.39 bits per heavy atom. The van der Waals surface area contributed by atoms with Crippen molar-refractivity contribution in [1.82, 2.24) is 5.32 Å². The summed E-state index contributed by atoms with van der Waals surface area (Å²) in [6.45, 7) is 2.96. The number of hydrogen-bond donors (Lipinski definition) is 1. The van der Waals surface area contributed by atoms with Crippen LogP contribution in [0.5, 0.6) is 5.75 Å². The van der Waals surface area contributed by atoms with Crippen LogP contribution in [0.4, 0.5) is 11.4 Å². The molecule has 1 saturated heterocycles. The lowest BCUT2D eigenvalue weighted by Crippen LogP contribution is -2.40. The van der Waals surface area contributed by atoms with E-state index in [9.17, 15) is 13.2 Å². The standard InChI is InChI=1S/C26H28ClN3O5S/c1-34-25-12-11-22(17-24(25)27)30(36(32,33)23-5-3-2-4-6-23)19-26(31)28-18-20-7-9-21(10-8-20)29-13-15-35-16-14-29/h2-12,17H,13-16,18-19H2,1H3,(H,28,31). The van der Waals surface area contributed by atoms with Gasteiger partial charge in [-0.1, -0.05) is 41.9 Å². The lowest BCUT2D eigenvalue weighted by atomic mass is 10.2. The van der Waals surface area contributed by atoms with Gasteiger partial charge >= 0.3 is 0 Å². The summed E-state index contributed by atoms with van der Waals surface area (Å²) >= 11 is 6.26. The summed E-state index contributed by atoms with van der Waals surface area (Å²) < 4.78 is 38.5. The molecule has 1 aliphatic rings. The van der Waals surface area contributed by atoms with Crippen molar-refractivity contribution in [3.05, 3.63) is 83.4 Å². The second-order valence-corrected chi connectivity index (χ2v) is 10.5. The summed E-state index contributed by atoms with van der Waals surface area (Å²) in [5, 5.41) is 3.06. The average Bonchev–Trinajstić information content (AvgIpc) is 2.91. The molecule has 190 valence electrons. The van der Waals surface area contributed by atoms with Gasteiger partial charge in [0.2, 0.25) is 5.91 Å². The Morgan fingerprint density at radius 2 is 1.75 bits per heavy atom. The Morgan fingerprint density at radius 1 is 1.06 bits per heavy atom. The van der Waals surface area contributed by atoms with Gasteiger partial charge in [-0.05, 0) is 48.0 Å². The zero-order valence-corrected chi connectivity index (χ0v) is 21.5. The monoisotopic (exact) mass is 529 g/mol. The molecule has 1 N–H and O–H groups in total. The molecule has 3 aromatic rings. The third-order valence-corrected chi connectivity index (χ3v) is 7.93. The van der Waals surface area contributed by atoms with Gasteiger partial charge < -0.3 is 19.7 Å². The van der Waals surface area contributed by atoms with Crippen LogP contribution in [0.15, 0.2) is 77.7 Å². The first kappa shape index (κ1) is 25.8. The molecule has 0 bridgehead atoms. The van der Waals surface area contributed by atoms with Crippen LogP contribution in [0.3, 0.4) is 0 Å². The number of halogens is 1. The van der Waals surface area contributed by atoms with E-state index in [2.05, 4.69) is 10.2 Å². The molecule has 0 aromatic heterocycles. The van der Waals surface area contributed by atoms with Gasteiger partial charge in [0.15, 0.2) is 0 Å². The number of hydrogen-bond acceptors (Lipinski definition) is 6. The number of benzene rings is 3. The molecule has 0 saturated carbocycles. The van der Waals surface area contributed by atoms with Crippen LogP contribution >= 0.6 is 11.6 Å². The molecule has 1 aliphatic heterocycles. The maximum atomic E-state index is 13.5. The third kappa shape index (κ3) is 6.10. The summed E-state index contributed by atoms with van der Waals surface area (Å²) in [6.07, 6.45) is 0. The Kier molecular flexibility index (Phi) is 8.35. The van der Waals surface area contributed by atoms with Crippen molar-refractivity contribution in [1.29, 1.82) is 0 Å². The number of anilines is 2. The third-order valence-electron chi connectivity index (χ3n) is 5.84. The van der Waals surface area contributed by atoms with E-state index in [-0.39, 0.29) is 22.2 Å². The number of rotatable bonds is 9. The molecule has 8 nitrogen and oxygen atoms in total. The van der Waals surface area contributed by atoms with E-state index in [1.807, 2.05) is 24.3 Å². The van der Waals surface area contributed by atoms with Crippen LogP contribution in [0.25, 0.3) is 0 Å². The highest BCUT2D eigenvalue weighted by Crippen LogP contribution is 2.31. The predicted octanol–water partition coefficient (Wildman–Crippen LogP) is 3.70. The normalized spacial score (nSPS) is 13.8. The summed E-state index contributed by atoms with van der Waals surface area (Å²) in [6, 6.07) is 20.5. The maximum Gasteiger partial charge on any atom is 0.264 e. The van der Waals surface area contributed by atoms with Crippen molar-refractivity contribution < 1.29 is 22.7 Å². The maximum absolute atomic E-state index is 13.5. The van der Waals surface area contributed by atoms with Gasteiger partial charge in [-0.15, -0.1) is 0 Å². The van der Waals surface area contributed by atoms with E-state index in [1.165, 1.54) is 25.3 Å². The summed E-state index contributed by atoms with van der Waals surface area (Å²) in [4.78, 5) is 15.2. The van der Waals surface area contributed by atoms with Crippen LogP contribution < -0.4 is 19.3 Å². The second kappa shape index (κ2) is 11.6. The molecule has 1 heterocycles. The largest absolute Gasteiger partial charge is 0.495 e. The summed E-state index contributed by atoms with van der Waals surface area (Å²) in [7, 11) is -2.56. The molecule has 10 heteroatoms. The van der Waals surface area contributed by atoms with Crippen LogP contribution in [0.1, 0.15) is 5.56 Å². The van der Waals surface area contributed by atoms with Crippen LogP contribution in [-0.4, -0.2) is 54.3 Å². The van der Waals surface area contributed by atoms with Gasteiger partial charge in [-0.3, -0.25) is 9.10 Å². The lowest BCUT2D eigenvalue weighted by molar-refractivity contribution is -0.119. The van der Waals surface area contributed by atoms with Gasteiger partial charge in [-0.25, -0.2) is 8.42 Å². The summed E-state index contributed by atoms with van der Waals surface area (Å²) in [5.41, 5.74) is 2.27. The molecule has 0 radical (unpaired) electrons. The van der Waals surface area contributed by atoms with Gasteiger partial charge in [-0.2, -0.15) is 0 Å². The topological polar surface area (TPSA) is 88.2 Å². The molecule has 0 aliphatic carbocycles. The molecule has 0 spiro atoms. The van der Waals surface area contributed by atoms with Gasteiger partial charge in [0.25, 0.3) is 10.0 Å². The highest BCUT2D eigenvalue weighted by Gasteiger charge is 2.27. The van der Waals surface area contributed by atoms with E-state index in [4.69, 9.17) is 21.1 Å². The Labute approximate surface area is 216 Å². The summed E-state index contributed by atoms with van der Waals surface area (Å²) in [5.74, 6) is -0.0406. The van der Waals surface area contributed by atoms with Crippen LogP contribution in [0, 0.1) is 0 Å². The quantitative estimate of drug-likeness (QED) is 0.455. The number of ether oxygens (including phenoxy) is 2. The van der Waals surface area contributed by atoms with Crippen molar-refractivity contribution >= 4 is 38.9 Å². The molecule has 4 rings (SSSR count). The van der Waals surface area contributed by atoms with Gasteiger partial charge in [0.1, 0.15) is 12.3 Å². The number of carbonyl (C=O) groups is 1. The van der Waals surface area contributed by atoms with Crippen molar-refractivity contribution in [2.45, 2.75) is 11.4 Å². The Hall–Kier alpha value is -3.27. The Balaban J connectivity index is 1.49. The minimum atomic E-state index is -4.03. The van der Waals surface area contributed by atoms with Crippen molar-refractivity contribution in [3.8, 4) is 5.75 Å². The zero-order valence-electron chi connectivity index (χ0n) is 19.9. The van der Waals surface area contributed by atoms with Crippen LogP contribution in [0.2, 0.25) is 5.02 Å². The minimum Gasteiger partial charge on any atom is -0.495 e. The predicted molar refractivity (Wildman–Crippen MR) is 140 cm³/mol.